The molecule has 4 rings (SSSR count). The van der Waals surface area contributed by atoms with Gasteiger partial charge in [0.25, 0.3) is 0 Å². The van der Waals surface area contributed by atoms with Gasteiger partial charge >= 0.3 is 0 Å². The van der Waals surface area contributed by atoms with Gasteiger partial charge in [0.15, 0.2) is 12.0 Å². The minimum absolute atomic E-state index is 0.309. The first-order valence-corrected chi connectivity index (χ1v) is 8.03. The molecule has 0 spiro atoms. The summed E-state index contributed by atoms with van der Waals surface area (Å²) in [7, 11) is 1.56. The van der Waals surface area contributed by atoms with E-state index in [1.807, 2.05) is 24.3 Å². The molecule has 0 bridgehead atoms. The highest BCUT2D eigenvalue weighted by atomic mass is 16.6. The smallest absolute Gasteiger partial charge is 0.185 e. The molecule has 0 unspecified atom stereocenters. The number of rotatable bonds is 4. The maximum Gasteiger partial charge on any atom is 0.185 e. The van der Waals surface area contributed by atoms with Crippen LogP contribution in [0.5, 0.6) is 0 Å². The lowest BCUT2D eigenvalue weighted by Gasteiger charge is -2.06. The second kappa shape index (κ2) is 6.36. The molecule has 1 aromatic carbocycles. The minimum Gasteiger partial charge on any atom is -0.453 e. The largest absolute Gasteiger partial charge is 0.453 e. The van der Waals surface area contributed by atoms with Crippen molar-refractivity contribution in [3.63, 3.8) is 0 Å². The van der Waals surface area contributed by atoms with Gasteiger partial charge in [0.1, 0.15) is 12.9 Å². The van der Waals surface area contributed by atoms with E-state index >= 15 is 0 Å². The van der Waals surface area contributed by atoms with E-state index in [9.17, 15) is 4.79 Å². The van der Waals surface area contributed by atoms with E-state index in [0.717, 1.165) is 47.1 Å². The molecule has 0 saturated heterocycles. The Labute approximate surface area is 145 Å². The Kier molecular flexibility index (Phi) is 3.90. The van der Waals surface area contributed by atoms with Crippen molar-refractivity contribution in [1.82, 2.24) is 4.98 Å². The molecule has 0 fully saturated rings. The van der Waals surface area contributed by atoms with E-state index < -0.39 is 0 Å². The van der Waals surface area contributed by atoms with Gasteiger partial charge in [-0.3, -0.25) is 9.78 Å². The van der Waals surface area contributed by atoms with Gasteiger partial charge < -0.3 is 9.25 Å². The number of hydrogen-bond donors (Lipinski definition) is 0. The second-order valence-electron chi connectivity index (χ2n) is 5.84. The van der Waals surface area contributed by atoms with Crippen LogP contribution in [0.25, 0.3) is 22.5 Å². The van der Waals surface area contributed by atoms with Crippen molar-refractivity contribution in [2.75, 3.05) is 7.11 Å². The number of aryl methyl sites for hydroxylation is 1. The Morgan fingerprint density at radius 3 is 2.68 bits per heavy atom. The number of nitrogens with zero attached hydrogens (tertiary/aromatic N) is 2. The lowest BCUT2D eigenvalue weighted by Crippen LogP contribution is -1.95. The van der Waals surface area contributed by atoms with Crippen LogP contribution in [0.3, 0.4) is 0 Å². The first-order valence-electron chi connectivity index (χ1n) is 8.03. The van der Waals surface area contributed by atoms with Gasteiger partial charge in [-0.25, -0.2) is 0 Å². The van der Waals surface area contributed by atoms with Crippen molar-refractivity contribution in [2.45, 2.75) is 12.8 Å². The van der Waals surface area contributed by atoms with Gasteiger partial charge in [0, 0.05) is 29.1 Å². The van der Waals surface area contributed by atoms with Crippen molar-refractivity contribution in [2.24, 2.45) is 5.16 Å². The molecular weight excluding hydrogens is 316 g/mol. The molecule has 124 valence electrons. The van der Waals surface area contributed by atoms with Crippen LogP contribution >= 0.6 is 0 Å². The SMILES string of the molecule is CON=C1CCc2cc(-c3oc(C=O)cc3-c3ccncc3)ccc21. The van der Waals surface area contributed by atoms with Crippen molar-refractivity contribution in [1.29, 1.82) is 0 Å². The van der Waals surface area contributed by atoms with E-state index in [0.29, 0.717) is 11.5 Å². The molecule has 0 atom stereocenters. The third kappa shape index (κ3) is 2.74. The molecule has 0 saturated carbocycles. The number of aromatic nitrogens is 1. The van der Waals surface area contributed by atoms with Crippen LogP contribution in [0.1, 0.15) is 28.1 Å². The highest BCUT2D eigenvalue weighted by Crippen LogP contribution is 2.36. The number of carbonyl (C=O) groups excluding carboxylic acids is 1. The maximum absolute atomic E-state index is 11.2. The Hall–Kier alpha value is -3.21. The summed E-state index contributed by atoms with van der Waals surface area (Å²) in [4.78, 5) is 20.2. The quantitative estimate of drug-likeness (QED) is 0.532. The Bertz CT molecular complexity index is 958. The molecule has 3 aromatic rings. The average Bonchev–Trinajstić information content (AvgIpc) is 3.27. The molecule has 0 radical (unpaired) electrons. The number of carbonyl (C=O) groups is 1. The Morgan fingerprint density at radius 2 is 1.92 bits per heavy atom. The number of fused-ring (bicyclic) bond motifs is 1. The molecule has 2 heterocycles. The Balaban J connectivity index is 1.82. The maximum atomic E-state index is 11.2. The van der Waals surface area contributed by atoms with Crippen molar-refractivity contribution in [3.8, 4) is 22.5 Å². The molecular formula is C20H16N2O3. The third-order valence-corrected chi connectivity index (χ3v) is 4.37. The van der Waals surface area contributed by atoms with Crippen LogP contribution in [0.15, 0.2) is 58.4 Å². The van der Waals surface area contributed by atoms with Crippen molar-refractivity contribution in [3.05, 3.63) is 65.7 Å². The summed E-state index contributed by atoms with van der Waals surface area (Å²) in [5.74, 6) is 0.997. The van der Waals surface area contributed by atoms with E-state index in [4.69, 9.17) is 9.25 Å². The fourth-order valence-electron chi connectivity index (χ4n) is 3.24. The molecule has 0 amide bonds. The summed E-state index contributed by atoms with van der Waals surface area (Å²) in [5, 5.41) is 4.09. The fourth-order valence-corrected chi connectivity index (χ4v) is 3.24. The second-order valence-corrected chi connectivity index (χ2v) is 5.84. The van der Waals surface area contributed by atoms with E-state index in [1.54, 1.807) is 25.6 Å². The number of hydrogen-bond acceptors (Lipinski definition) is 5. The fraction of sp³-hybridized carbons (Fsp3) is 0.150. The molecule has 25 heavy (non-hydrogen) atoms. The highest BCUT2D eigenvalue weighted by Gasteiger charge is 2.21. The van der Waals surface area contributed by atoms with Crippen molar-refractivity contribution < 1.29 is 14.0 Å². The predicted octanol–water partition coefficient (Wildman–Crippen LogP) is 4.12. The van der Waals surface area contributed by atoms with Gasteiger partial charge in [-0.2, -0.15) is 0 Å². The van der Waals surface area contributed by atoms with Gasteiger partial charge in [0.05, 0.1) is 5.71 Å². The zero-order chi connectivity index (χ0) is 17.2. The lowest BCUT2D eigenvalue weighted by atomic mass is 9.99. The van der Waals surface area contributed by atoms with Crippen molar-refractivity contribution >= 4 is 12.0 Å². The normalized spacial score (nSPS) is 14.5. The lowest BCUT2D eigenvalue weighted by molar-refractivity contribution is 0.110. The topological polar surface area (TPSA) is 64.7 Å². The average molecular weight is 332 g/mol. The molecule has 5 nitrogen and oxygen atoms in total. The van der Waals surface area contributed by atoms with Crippen LogP contribution in [-0.4, -0.2) is 24.1 Å². The Morgan fingerprint density at radius 1 is 1.08 bits per heavy atom. The van der Waals surface area contributed by atoms with Crippen LogP contribution in [0, 0.1) is 0 Å². The summed E-state index contributed by atoms with van der Waals surface area (Å²) in [6, 6.07) is 11.7. The van der Waals surface area contributed by atoms with E-state index in [2.05, 4.69) is 16.2 Å². The number of benzene rings is 1. The number of oxime groups is 1. The minimum atomic E-state index is 0.309. The third-order valence-electron chi connectivity index (χ3n) is 4.37. The first-order chi connectivity index (χ1) is 12.3. The summed E-state index contributed by atoms with van der Waals surface area (Å²) >= 11 is 0. The monoisotopic (exact) mass is 332 g/mol. The van der Waals surface area contributed by atoms with Gasteiger partial charge in [-0.05, 0) is 48.2 Å². The molecule has 0 aliphatic heterocycles. The molecule has 2 aromatic heterocycles. The molecule has 1 aliphatic rings. The molecule has 0 N–H and O–H groups in total. The first kappa shape index (κ1) is 15.3. The van der Waals surface area contributed by atoms with Crippen LogP contribution in [-0.2, 0) is 11.3 Å². The summed E-state index contributed by atoms with van der Waals surface area (Å²) < 4.78 is 5.80. The van der Waals surface area contributed by atoms with Gasteiger partial charge in [0.2, 0.25) is 0 Å². The zero-order valence-electron chi connectivity index (χ0n) is 13.7. The van der Waals surface area contributed by atoms with Crippen LogP contribution in [0.4, 0.5) is 0 Å². The standard InChI is InChI=1S/C20H16N2O3/c1-24-22-19-5-3-14-10-15(2-4-17(14)19)20-18(11-16(12-23)25-20)13-6-8-21-9-7-13/h2,4,6-12H,3,5H2,1H3. The summed E-state index contributed by atoms with van der Waals surface area (Å²) in [6.45, 7) is 0. The zero-order valence-corrected chi connectivity index (χ0v) is 13.7. The van der Waals surface area contributed by atoms with Crippen LogP contribution in [0.2, 0.25) is 0 Å². The van der Waals surface area contributed by atoms with Gasteiger partial charge in [-0.1, -0.05) is 17.3 Å². The number of pyridine rings is 1. The summed E-state index contributed by atoms with van der Waals surface area (Å²) in [5.41, 5.74) is 6.07. The molecule has 5 heteroatoms. The number of furan rings is 1. The molecule has 1 aliphatic carbocycles. The number of aldehydes is 1. The van der Waals surface area contributed by atoms with Crippen LogP contribution < -0.4 is 0 Å². The van der Waals surface area contributed by atoms with Gasteiger partial charge in [-0.15, -0.1) is 0 Å². The predicted molar refractivity (Wildman–Crippen MR) is 94.6 cm³/mol. The van der Waals surface area contributed by atoms with E-state index in [-0.39, 0.29) is 0 Å². The highest BCUT2D eigenvalue weighted by molar-refractivity contribution is 6.04. The van der Waals surface area contributed by atoms with E-state index in [1.165, 1.54) is 5.56 Å². The summed E-state index contributed by atoms with van der Waals surface area (Å²) in [6.07, 6.45) is 5.95.